The van der Waals surface area contributed by atoms with Gasteiger partial charge in [0.15, 0.2) is 6.10 Å². The van der Waals surface area contributed by atoms with Gasteiger partial charge in [0, 0.05) is 13.0 Å². The fourth-order valence-corrected chi connectivity index (χ4v) is 3.71. The van der Waals surface area contributed by atoms with Gasteiger partial charge in [-0.1, -0.05) is 30.3 Å². The van der Waals surface area contributed by atoms with Gasteiger partial charge in [0.05, 0.1) is 0 Å². The average molecular weight is 511 g/mol. The van der Waals surface area contributed by atoms with E-state index in [4.69, 9.17) is 25.7 Å². The van der Waals surface area contributed by atoms with Crippen molar-refractivity contribution in [1.82, 2.24) is 5.32 Å². The lowest BCUT2D eigenvalue weighted by molar-refractivity contribution is -0.162. The summed E-state index contributed by atoms with van der Waals surface area (Å²) in [5.41, 5.74) is 12.7. The Bertz CT molecular complexity index is 1180. The Labute approximate surface area is 218 Å². The highest BCUT2D eigenvalue weighted by Crippen LogP contribution is 2.37. The molecule has 0 bridgehead atoms. The molecule has 0 saturated heterocycles. The maximum atomic E-state index is 13.4. The van der Waals surface area contributed by atoms with Gasteiger partial charge in [-0.3, -0.25) is 0 Å². The molecule has 0 aromatic heterocycles. The molecule has 2 aromatic rings. The summed E-state index contributed by atoms with van der Waals surface area (Å²) in [5, 5.41) is 2.73. The standard InChI is InChI=1S/C28H38N4O5/c1-17-23(29)32-21-14-20(12-13-22(21)35-17)28(30,24(33)36-26(2,3)4)15-18-8-10-19(11-9-18)16-31-25(34)37-27(5,6)7/h8-14,17H,15-16,30H2,1-7H3,(H2,29,32)(H,31,34). The molecular formula is C28H38N4O5. The maximum Gasteiger partial charge on any atom is 0.407 e. The number of benzene rings is 2. The number of carbonyl (C=O) groups excluding carboxylic acids is 2. The van der Waals surface area contributed by atoms with Gasteiger partial charge >= 0.3 is 12.1 Å². The molecule has 2 atom stereocenters. The van der Waals surface area contributed by atoms with Crippen molar-refractivity contribution >= 4 is 23.6 Å². The Balaban J connectivity index is 1.85. The molecular weight excluding hydrogens is 472 g/mol. The third kappa shape index (κ3) is 7.45. The van der Waals surface area contributed by atoms with Crippen molar-refractivity contribution in [3.63, 3.8) is 0 Å². The average Bonchev–Trinajstić information content (AvgIpc) is 2.76. The lowest BCUT2D eigenvalue weighted by Gasteiger charge is -2.32. The fourth-order valence-electron chi connectivity index (χ4n) is 3.71. The number of alkyl carbamates (subject to hydrolysis) is 1. The van der Waals surface area contributed by atoms with Gasteiger partial charge in [-0.15, -0.1) is 0 Å². The van der Waals surface area contributed by atoms with Crippen LogP contribution >= 0.6 is 0 Å². The summed E-state index contributed by atoms with van der Waals surface area (Å²) in [6.45, 7) is 12.9. The first-order chi connectivity index (χ1) is 17.1. The normalized spacial score (nSPS) is 17.0. The molecule has 1 aliphatic rings. The smallest absolute Gasteiger partial charge is 0.407 e. The number of carbonyl (C=O) groups is 2. The summed E-state index contributed by atoms with van der Waals surface area (Å²) < 4.78 is 16.8. The van der Waals surface area contributed by atoms with E-state index in [9.17, 15) is 9.59 Å². The number of nitrogens with zero attached hydrogens (tertiary/aromatic N) is 1. The van der Waals surface area contributed by atoms with Crippen LogP contribution in [0.3, 0.4) is 0 Å². The first-order valence-corrected chi connectivity index (χ1v) is 12.3. The molecule has 200 valence electrons. The highest BCUT2D eigenvalue weighted by molar-refractivity contribution is 5.90. The van der Waals surface area contributed by atoms with Crippen LogP contribution in [0, 0.1) is 0 Å². The van der Waals surface area contributed by atoms with Gasteiger partial charge in [-0.25, -0.2) is 14.6 Å². The number of aliphatic imine (C=N–C) groups is 1. The van der Waals surface area contributed by atoms with Crippen LogP contribution in [0.2, 0.25) is 0 Å². The van der Waals surface area contributed by atoms with E-state index in [1.165, 1.54) is 0 Å². The molecule has 1 amide bonds. The van der Waals surface area contributed by atoms with Gasteiger partial charge in [0.1, 0.15) is 34.0 Å². The zero-order chi connectivity index (χ0) is 27.6. The lowest BCUT2D eigenvalue weighted by Crippen LogP contribution is -2.50. The van der Waals surface area contributed by atoms with Crippen molar-refractivity contribution in [2.24, 2.45) is 16.5 Å². The molecule has 9 nitrogen and oxygen atoms in total. The quantitative estimate of drug-likeness (QED) is 0.495. The van der Waals surface area contributed by atoms with Crippen LogP contribution in [0.25, 0.3) is 0 Å². The number of ether oxygens (including phenoxy) is 3. The summed E-state index contributed by atoms with van der Waals surface area (Å²) in [6.07, 6.45) is -0.650. The van der Waals surface area contributed by atoms with E-state index in [0.717, 1.165) is 11.1 Å². The fraction of sp³-hybridized carbons (Fsp3) is 0.464. The summed E-state index contributed by atoms with van der Waals surface area (Å²) in [7, 11) is 0. The van der Waals surface area contributed by atoms with Gasteiger partial charge in [-0.05, 0) is 77.3 Å². The van der Waals surface area contributed by atoms with E-state index >= 15 is 0 Å². The minimum atomic E-state index is -1.49. The van der Waals surface area contributed by atoms with Crippen LogP contribution in [-0.4, -0.2) is 35.2 Å². The number of nitrogens with one attached hydrogen (secondary N) is 1. The number of amidine groups is 1. The molecule has 1 aliphatic heterocycles. The molecule has 3 rings (SSSR count). The number of nitrogens with two attached hydrogens (primary N) is 2. The summed E-state index contributed by atoms with van der Waals surface area (Å²) in [6, 6.07) is 12.7. The maximum absolute atomic E-state index is 13.4. The Morgan fingerprint density at radius 2 is 1.57 bits per heavy atom. The molecule has 0 saturated carbocycles. The zero-order valence-corrected chi connectivity index (χ0v) is 22.7. The van der Waals surface area contributed by atoms with Gasteiger partial charge < -0.3 is 31.0 Å². The molecule has 1 heterocycles. The second-order valence-electron chi connectivity index (χ2n) is 11.3. The largest absolute Gasteiger partial charge is 0.481 e. The number of hydrogen-bond acceptors (Lipinski definition) is 8. The van der Waals surface area contributed by atoms with Crippen molar-refractivity contribution in [3.05, 3.63) is 59.2 Å². The van der Waals surface area contributed by atoms with Crippen molar-refractivity contribution in [2.45, 2.75) is 84.3 Å². The number of fused-ring (bicyclic) bond motifs is 1. The van der Waals surface area contributed by atoms with Crippen LogP contribution in [0.1, 0.15) is 65.2 Å². The molecule has 2 aromatic carbocycles. The Hall–Kier alpha value is -3.59. The first kappa shape index (κ1) is 28.0. The minimum absolute atomic E-state index is 0.178. The van der Waals surface area contributed by atoms with Crippen LogP contribution in [0.15, 0.2) is 47.5 Å². The third-order valence-corrected chi connectivity index (χ3v) is 5.55. The van der Waals surface area contributed by atoms with E-state index in [0.29, 0.717) is 29.4 Å². The third-order valence-electron chi connectivity index (χ3n) is 5.55. The van der Waals surface area contributed by atoms with E-state index < -0.39 is 28.8 Å². The topological polar surface area (TPSA) is 138 Å². The summed E-state index contributed by atoms with van der Waals surface area (Å²) >= 11 is 0. The van der Waals surface area contributed by atoms with E-state index in [2.05, 4.69) is 10.3 Å². The van der Waals surface area contributed by atoms with Crippen molar-refractivity contribution < 1.29 is 23.8 Å². The van der Waals surface area contributed by atoms with E-state index in [-0.39, 0.29) is 12.5 Å². The number of rotatable bonds is 6. The minimum Gasteiger partial charge on any atom is -0.481 e. The van der Waals surface area contributed by atoms with Crippen LogP contribution in [0.5, 0.6) is 5.75 Å². The summed E-state index contributed by atoms with van der Waals surface area (Å²) in [4.78, 5) is 29.8. The predicted octanol–water partition coefficient (Wildman–Crippen LogP) is 4.22. The van der Waals surface area contributed by atoms with Crippen molar-refractivity contribution in [2.75, 3.05) is 0 Å². The Morgan fingerprint density at radius 3 is 2.16 bits per heavy atom. The summed E-state index contributed by atoms with van der Waals surface area (Å²) in [5.74, 6) is 0.358. The van der Waals surface area contributed by atoms with Crippen LogP contribution in [-0.2, 0) is 32.8 Å². The molecule has 0 fully saturated rings. The number of hydrogen-bond donors (Lipinski definition) is 3. The predicted molar refractivity (Wildman–Crippen MR) is 143 cm³/mol. The molecule has 2 unspecified atom stereocenters. The molecule has 9 heteroatoms. The zero-order valence-electron chi connectivity index (χ0n) is 22.7. The highest BCUT2D eigenvalue weighted by atomic mass is 16.6. The SMILES string of the molecule is CC1Oc2ccc(C(N)(Cc3ccc(CNC(=O)OC(C)(C)C)cc3)C(=O)OC(C)(C)C)cc2N=C1N. The number of esters is 1. The molecule has 0 spiro atoms. The van der Waals surface area contributed by atoms with Crippen LogP contribution in [0.4, 0.5) is 10.5 Å². The molecule has 37 heavy (non-hydrogen) atoms. The first-order valence-electron chi connectivity index (χ1n) is 12.3. The number of amides is 1. The Morgan fingerprint density at radius 1 is 0.973 bits per heavy atom. The van der Waals surface area contributed by atoms with Gasteiger partial charge in [0.2, 0.25) is 0 Å². The second-order valence-corrected chi connectivity index (χ2v) is 11.3. The van der Waals surface area contributed by atoms with Crippen LogP contribution < -0.4 is 21.5 Å². The molecule has 0 radical (unpaired) electrons. The van der Waals surface area contributed by atoms with Crippen molar-refractivity contribution in [3.8, 4) is 5.75 Å². The van der Waals surface area contributed by atoms with Gasteiger partial charge in [0.25, 0.3) is 0 Å². The van der Waals surface area contributed by atoms with E-state index in [1.54, 1.807) is 39.0 Å². The van der Waals surface area contributed by atoms with E-state index in [1.807, 2.05) is 52.0 Å². The Kier molecular flexibility index (Phi) is 7.88. The second kappa shape index (κ2) is 10.4. The monoisotopic (exact) mass is 510 g/mol. The molecule has 0 aliphatic carbocycles. The van der Waals surface area contributed by atoms with Gasteiger partial charge in [-0.2, -0.15) is 0 Å². The molecule has 5 N–H and O–H groups in total. The van der Waals surface area contributed by atoms with Crippen molar-refractivity contribution in [1.29, 1.82) is 0 Å². The highest BCUT2D eigenvalue weighted by Gasteiger charge is 2.40. The lowest BCUT2D eigenvalue weighted by atomic mass is 9.84.